The second-order valence-electron chi connectivity index (χ2n) is 4.94. The molecule has 0 aromatic carbocycles. The van der Waals surface area contributed by atoms with Crippen molar-refractivity contribution in [2.75, 3.05) is 44.2 Å². The molecular formula is C14H21N5OS. The van der Waals surface area contributed by atoms with Crippen LogP contribution < -0.4 is 10.2 Å². The minimum Gasteiger partial charge on any atom is -0.346 e. The van der Waals surface area contributed by atoms with Crippen molar-refractivity contribution in [1.82, 2.24) is 19.6 Å². The van der Waals surface area contributed by atoms with Gasteiger partial charge < -0.3 is 10.2 Å². The number of hydrogen-bond donors (Lipinski definition) is 1. The molecule has 0 aliphatic carbocycles. The molecule has 2 heterocycles. The van der Waals surface area contributed by atoms with Gasteiger partial charge in [0.2, 0.25) is 11.0 Å². The SMILES string of the molecule is C#CCNC(=O)CN1CCCN(c2nc(CC)ns2)CC1. The van der Waals surface area contributed by atoms with Gasteiger partial charge in [-0.3, -0.25) is 9.69 Å². The van der Waals surface area contributed by atoms with Gasteiger partial charge in [0.1, 0.15) is 5.82 Å². The van der Waals surface area contributed by atoms with E-state index >= 15 is 0 Å². The topological polar surface area (TPSA) is 61.4 Å². The summed E-state index contributed by atoms with van der Waals surface area (Å²) in [6.07, 6.45) is 7.02. The fraction of sp³-hybridized carbons (Fsp3) is 0.643. The summed E-state index contributed by atoms with van der Waals surface area (Å²) >= 11 is 1.46. The first kappa shape index (κ1) is 15.7. The molecule has 21 heavy (non-hydrogen) atoms. The maximum absolute atomic E-state index is 11.7. The van der Waals surface area contributed by atoms with Gasteiger partial charge in [-0.1, -0.05) is 12.8 Å². The zero-order valence-electron chi connectivity index (χ0n) is 12.3. The Morgan fingerprint density at radius 3 is 3.00 bits per heavy atom. The van der Waals surface area contributed by atoms with E-state index in [1.807, 2.05) is 0 Å². The number of rotatable bonds is 5. The van der Waals surface area contributed by atoms with Crippen molar-refractivity contribution in [2.45, 2.75) is 19.8 Å². The quantitative estimate of drug-likeness (QED) is 0.796. The predicted molar refractivity (Wildman–Crippen MR) is 84.4 cm³/mol. The number of carbonyl (C=O) groups is 1. The van der Waals surface area contributed by atoms with Crippen molar-refractivity contribution in [3.63, 3.8) is 0 Å². The lowest BCUT2D eigenvalue weighted by Crippen LogP contribution is -2.39. The molecule has 1 aromatic rings. The smallest absolute Gasteiger partial charge is 0.234 e. The van der Waals surface area contributed by atoms with Crippen LogP contribution in [0.5, 0.6) is 0 Å². The van der Waals surface area contributed by atoms with Crippen LogP contribution in [0.1, 0.15) is 19.2 Å². The van der Waals surface area contributed by atoms with Crippen LogP contribution >= 0.6 is 11.5 Å². The first-order valence-corrected chi connectivity index (χ1v) is 8.00. The molecule has 7 heteroatoms. The molecule has 1 saturated heterocycles. The van der Waals surface area contributed by atoms with Crippen molar-refractivity contribution < 1.29 is 4.79 Å². The average Bonchev–Trinajstić information content (AvgIpc) is 2.85. The highest BCUT2D eigenvalue weighted by Crippen LogP contribution is 2.19. The van der Waals surface area contributed by atoms with Crippen LogP contribution in [-0.2, 0) is 11.2 Å². The van der Waals surface area contributed by atoms with Gasteiger partial charge in [0.15, 0.2) is 0 Å². The predicted octanol–water partition coefficient (Wildman–Crippen LogP) is 0.362. The Kier molecular flexibility index (Phi) is 5.96. The Hall–Kier alpha value is -1.65. The summed E-state index contributed by atoms with van der Waals surface area (Å²) in [4.78, 5) is 20.6. The molecule has 114 valence electrons. The molecule has 1 amide bonds. The van der Waals surface area contributed by atoms with Gasteiger partial charge in [0, 0.05) is 44.1 Å². The Labute approximate surface area is 129 Å². The van der Waals surface area contributed by atoms with E-state index in [-0.39, 0.29) is 5.91 Å². The molecular weight excluding hydrogens is 286 g/mol. The van der Waals surface area contributed by atoms with Crippen LogP contribution in [0.4, 0.5) is 5.13 Å². The van der Waals surface area contributed by atoms with E-state index in [9.17, 15) is 4.79 Å². The summed E-state index contributed by atoms with van der Waals surface area (Å²) in [6.45, 7) is 6.37. The minimum atomic E-state index is -0.00872. The normalized spacial score (nSPS) is 16.3. The summed E-state index contributed by atoms with van der Waals surface area (Å²) in [5.74, 6) is 3.31. The summed E-state index contributed by atoms with van der Waals surface area (Å²) < 4.78 is 4.33. The van der Waals surface area contributed by atoms with Gasteiger partial charge in [-0.2, -0.15) is 4.37 Å². The molecule has 1 fully saturated rings. The maximum Gasteiger partial charge on any atom is 0.234 e. The summed E-state index contributed by atoms with van der Waals surface area (Å²) in [6, 6.07) is 0. The summed E-state index contributed by atoms with van der Waals surface area (Å²) in [5.41, 5.74) is 0. The number of aromatic nitrogens is 2. The highest BCUT2D eigenvalue weighted by Gasteiger charge is 2.19. The lowest BCUT2D eigenvalue weighted by Gasteiger charge is -2.20. The van der Waals surface area contributed by atoms with Gasteiger partial charge >= 0.3 is 0 Å². The molecule has 1 N–H and O–H groups in total. The fourth-order valence-electron chi connectivity index (χ4n) is 2.25. The van der Waals surface area contributed by atoms with Crippen molar-refractivity contribution in [2.24, 2.45) is 0 Å². The summed E-state index contributed by atoms with van der Waals surface area (Å²) in [7, 11) is 0. The van der Waals surface area contributed by atoms with Gasteiger partial charge in [-0.05, 0) is 6.42 Å². The number of terminal acetylenes is 1. The van der Waals surface area contributed by atoms with Gasteiger partial charge in [-0.15, -0.1) is 6.42 Å². The Morgan fingerprint density at radius 2 is 2.29 bits per heavy atom. The number of anilines is 1. The molecule has 0 saturated carbocycles. The maximum atomic E-state index is 11.7. The third kappa shape index (κ3) is 4.69. The second kappa shape index (κ2) is 7.96. The highest BCUT2D eigenvalue weighted by molar-refractivity contribution is 7.09. The zero-order chi connectivity index (χ0) is 15.1. The third-order valence-electron chi connectivity index (χ3n) is 3.39. The molecule has 2 rings (SSSR count). The van der Waals surface area contributed by atoms with E-state index < -0.39 is 0 Å². The third-order valence-corrected chi connectivity index (χ3v) is 4.20. The van der Waals surface area contributed by atoms with Crippen molar-refractivity contribution in [3.05, 3.63) is 5.82 Å². The molecule has 0 atom stereocenters. The highest BCUT2D eigenvalue weighted by atomic mass is 32.1. The van der Waals surface area contributed by atoms with E-state index in [0.717, 1.165) is 50.0 Å². The van der Waals surface area contributed by atoms with E-state index in [1.165, 1.54) is 11.5 Å². The average molecular weight is 307 g/mol. The number of nitrogens with one attached hydrogen (secondary N) is 1. The van der Waals surface area contributed by atoms with Crippen LogP contribution in [0, 0.1) is 12.3 Å². The molecule has 0 unspecified atom stereocenters. The van der Waals surface area contributed by atoms with Crippen molar-refractivity contribution >= 4 is 22.6 Å². The molecule has 1 aromatic heterocycles. The largest absolute Gasteiger partial charge is 0.346 e. The molecule has 6 nitrogen and oxygen atoms in total. The second-order valence-corrected chi connectivity index (χ2v) is 5.67. The Morgan fingerprint density at radius 1 is 1.43 bits per heavy atom. The van der Waals surface area contributed by atoms with Gasteiger partial charge in [0.05, 0.1) is 13.1 Å². The lowest BCUT2D eigenvalue weighted by atomic mass is 10.4. The monoisotopic (exact) mass is 307 g/mol. The van der Waals surface area contributed by atoms with E-state index in [2.05, 4.69) is 37.3 Å². The molecule has 1 aliphatic rings. The number of nitrogens with zero attached hydrogens (tertiary/aromatic N) is 4. The molecule has 1 aliphatic heterocycles. The first-order chi connectivity index (χ1) is 10.2. The van der Waals surface area contributed by atoms with Crippen molar-refractivity contribution in [1.29, 1.82) is 0 Å². The Bertz CT molecular complexity index is 510. The van der Waals surface area contributed by atoms with Crippen LogP contribution in [0.25, 0.3) is 0 Å². The number of hydrogen-bond acceptors (Lipinski definition) is 6. The number of aryl methyl sites for hydroxylation is 1. The minimum absolute atomic E-state index is 0.00872. The standard InChI is InChI=1S/C14H21N5OS/c1-3-6-15-13(20)11-18-7-5-8-19(10-9-18)14-16-12(4-2)17-21-14/h1H,4-11H2,2H3,(H,15,20). The first-order valence-electron chi connectivity index (χ1n) is 7.23. The van der Waals surface area contributed by atoms with Crippen LogP contribution in [0.15, 0.2) is 0 Å². The van der Waals surface area contributed by atoms with Crippen LogP contribution in [0.2, 0.25) is 0 Å². The molecule has 0 radical (unpaired) electrons. The van der Waals surface area contributed by atoms with Crippen LogP contribution in [0.3, 0.4) is 0 Å². The van der Waals surface area contributed by atoms with E-state index in [4.69, 9.17) is 6.42 Å². The molecule has 0 spiro atoms. The molecule has 0 bridgehead atoms. The number of carbonyl (C=O) groups excluding carboxylic acids is 1. The van der Waals surface area contributed by atoms with E-state index in [1.54, 1.807) is 0 Å². The number of amides is 1. The van der Waals surface area contributed by atoms with Crippen molar-refractivity contribution in [3.8, 4) is 12.3 Å². The van der Waals surface area contributed by atoms with Crippen LogP contribution in [-0.4, -0.2) is 59.4 Å². The van der Waals surface area contributed by atoms with Gasteiger partial charge in [-0.25, -0.2) is 4.98 Å². The summed E-state index contributed by atoms with van der Waals surface area (Å²) in [5, 5.41) is 3.69. The lowest BCUT2D eigenvalue weighted by molar-refractivity contribution is -0.121. The van der Waals surface area contributed by atoms with Gasteiger partial charge in [0.25, 0.3) is 0 Å². The van der Waals surface area contributed by atoms with E-state index in [0.29, 0.717) is 13.1 Å². The zero-order valence-corrected chi connectivity index (χ0v) is 13.2. The fourth-order valence-corrected chi connectivity index (χ4v) is 3.05. The Balaban J connectivity index is 1.84.